The molecule has 0 aliphatic carbocycles. The minimum absolute atomic E-state index is 0.0884. The summed E-state index contributed by atoms with van der Waals surface area (Å²) in [5.74, 6) is 0.297. The van der Waals surface area contributed by atoms with Crippen LogP contribution in [0.4, 0.5) is 0 Å². The van der Waals surface area contributed by atoms with Crippen LogP contribution in [0.25, 0.3) is 0 Å². The molecule has 0 heterocycles. The highest BCUT2D eigenvalue weighted by Crippen LogP contribution is 2.36. The molecule has 2 rings (SSSR count). The largest absolute Gasteiger partial charge is 0.506 e. The lowest BCUT2D eigenvalue weighted by Crippen LogP contribution is -1.94. The third-order valence-electron chi connectivity index (χ3n) is 2.86. The second-order valence-corrected chi connectivity index (χ2v) is 6.89. The van der Waals surface area contributed by atoms with Crippen LogP contribution in [0.1, 0.15) is 16.7 Å². The Morgan fingerprint density at radius 2 is 1.25 bits per heavy atom. The third-order valence-corrected chi connectivity index (χ3v) is 4.67. The first-order valence-electron chi connectivity index (χ1n) is 5.70. The van der Waals surface area contributed by atoms with Gasteiger partial charge in [-0.05, 0) is 88.7 Å². The van der Waals surface area contributed by atoms with Crippen molar-refractivity contribution in [3.05, 3.63) is 54.4 Å². The molecule has 0 aliphatic rings. The summed E-state index contributed by atoms with van der Waals surface area (Å²) in [6, 6.07) is 7.02. The predicted octanol–water partition coefficient (Wildman–Crippen LogP) is 4.47. The minimum atomic E-state index is -0.0884. The Morgan fingerprint density at radius 3 is 1.80 bits per heavy atom. The molecule has 106 valence electrons. The van der Waals surface area contributed by atoms with Gasteiger partial charge in [-0.3, -0.25) is 0 Å². The van der Waals surface area contributed by atoms with Crippen molar-refractivity contribution in [3.8, 4) is 11.5 Å². The molecule has 0 saturated heterocycles. The molecule has 0 fully saturated rings. The minimum Gasteiger partial charge on any atom is -0.506 e. The van der Waals surface area contributed by atoms with Crippen LogP contribution < -0.4 is 0 Å². The highest BCUT2D eigenvalue weighted by atomic mass is 79.9. The van der Waals surface area contributed by atoms with Gasteiger partial charge in [0.25, 0.3) is 0 Å². The molecule has 6 heteroatoms. The lowest BCUT2D eigenvalue weighted by atomic mass is 10.0. The molecule has 2 aromatic rings. The molecule has 0 unspecified atom stereocenters. The van der Waals surface area contributed by atoms with Gasteiger partial charge in [-0.2, -0.15) is 0 Å². The topological polar surface area (TPSA) is 60.7 Å². The second-order valence-electron chi connectivity index (χ2n) is 4.33. The van der Waals surface area contributed by atoms with Crippen molar-refractivity contribution in [2.75, 3.05) is 0 Å². The summed E-state index contributed by atoms with van der Waals surface area (Å²) >= 11 is 9.83. The number of hydrogen-bond acceptors (Lipinski definition) is 3. The number of halogens is 3. The summed E-state index contributed by atoms with van der Waals surface area (Å²) in [7, 11) is 0. The lowest BCUT2D eigenvalue weighted by molar-refractivity contribution is 0.281. The average molecular weight is 467 g/mol. The summed E-state index contributed by atoms with van der Waals surface area (Å²) in [4.78, 5) is 0. The molecule has 20 heavy (non-hydrogen) atoms. The van der Waals surface area contributed by atoms with Gasteiger partial charge in [0.1, 0.15) is 11.5 Å². The first-order valence-corrected chi connectivity index (χ1v) is 8.08. The number of aliphatic hydroxyl groups is 1. The molecule has 3 nitrogen and oxygen atoms in total. The molecule has 2 aromatic carbocycles. The van der Waals surface area contributed by atoms with Crippen LogP contribution in [0.15, 0.2) is 37.7 Å². The van der Waals surface area contributed by atoms with Crippen LogP contribution in [-0.2, 0) is 13.0 Å². The van der Waals surface area contributed by atoms with Gasteiger partial charge >= 0.3 is 0 Å². The van der Waals surface area contributed by atoms with Gasteiger partial charge in [0.15, 0.2) is 0 Å². The monoisotopic (exact) mass is 464 g/mol. The Kier molecular flexibility index (Phi) is 5.12. The Hall–Kier alpha value is -0.560. The van der Waals surface area contributed by atoms with Gasteiger partial charge in [0.05, 0.1) is 20.0 Å². The fourth-order valence-electron chi connectivity index (χ4n) is 1.88. The first kappa shape index (κ1) is 15.8. The number of phenolic OH excluding ortho intramolecular Hbond substituents is 2. The maximum Gasteiger partial charge on any atom is 0.143 e. The van der Waals surface area contributed by atoms with Crippen molar-refractivity contribution in [2.45, 2.75) is 13.0 Å². The van der Waals surface area contributed by atoms with Crippen LogP contribution >= 0.6 is 47.8 Å². The van der Waals surface area contributed by atoms with E-state index in [9.17, 15) is 15.3 Å². The van der Waals surface area contributed by atoms with Gasteiger partial charge in [0.2, 0.25) is 0 Å². The zero-order valence-electron chi connectivity index (χ0n) is 10.2. The van der Waals surface area contributed by atoms with E-state index in [4.69, 9.17) is 0 Å². The summed E-state index contributed by atoms with van der Waals surface area (Å²) in [5.41, 5.74) is 2.34. The van der Waals surface area contributed by atoms with Crippen molar-refractivity contribution in [1.82, 2.24) is 0 Å². The summed E-state index contributed by atoms with van der Waals surface area (Å²) in [6.07, 6.45) is 0.482. The summed E-state index contributed by atoms with van der Waals surface area (Å²) in [5, 5.41) is 29.0. The second kappa shape index (κ2) is 6.47. The van der Waals surface area contributed by atoms with Gasteiger partial charge in [-0.1, -0.05) is 0 Å². The van der Waals surface area contributed by atoms with Crippen LogP contribution in [-0.4, -0.2) is 15.3 Å². The normalized spacial score (nSPS) is 10.8. The molecule has 0 aliphatic heterocycles. The molecule has 0 amide bonds. The van der Waals surface area contributed by atoms with Crippen molar-refractivity contribution < 1.29 is 15.3 Å². The molecule has 0 radical (unpaired) electrons. The van der Waals surface area contributed by atoms with E-state index in [1.807, 2.05) is 0 Å². The fraction of sp³-hybridized carbons (Fsp3) is 0.143. The van der Waals surface area contributed by atoms with Crippen LogP contribution in [0.3, 0.4) is 0 Å². The molecule has 0 bridgehead atoms. The number of benzene rings is 2. The zero-order valence-corrected chi connectivity index (χ0v) is 15.0. The number of phenols is 2. The van der Waals surface area contributed by atoms with Crippen molar-refractivity contribution in [1.29, 1.82) is 0 Å². The SMILES string of the molecule is OCc1cc(Br)c(O)c(Cc2cc(Br)c(O)c(Br)c2)c1. The zero-order chi connectivity index (χ0) is 14.9. The van der Waals surface area contributed by atoms with E-state index in [1.54, 1.807) is 24.3 Å². The Bertz CT molecular complexity index is 633. The van der Waals surface area contributed by atoms with E-state index < -0.39 is 0 Å². The summed E-state index contributed by atoms with van der Waals surface area (Å²) < 4.78 is 1.72. The highest BCUT2D eigenvalue weighted by Gasteiger charge is 2.11. The molecule has 0 atom stereocenters. The average Bonchev–Trinajstić information content (AvgIpc) is 2.40. The Labute approximate surface area is 141 Å². The van der Waals surface area contributed by atoms with E-state index in [0.29, 0.717) is 25.4 Å². The standard InChI is InChI=1S/C14H11Br3O3/c15-10-5-8(6-18)2-9(13(10)19)1-7-3-11(16)14(20)12(17)4-7/h2-5,18-20H,1,6H2. The Morgan fingerprint density at radius 1 is 0.750 bits per heavy atom. The van der Waals surface area contributed by atoms with Crippen LogP contribution in [0.5, 0.6) is 11.5 Å². The molecule has 3 N–H and O–H groups in total. The van der Waals surface area contributed by atoms with E-state index >= 15 is 0 Å². The van der Waals surface area contributed by atoms with Crippen LogP contribution in [0.2, 0.25) is 0 Å². The van der Waals surface area contributed by atoms with Gasteiger partial charge in [0, 0.05) is 6.42 Å². The van der Waals surface area contributed by atoms with Crippen molar-refractivity contribution >= 4 is 47.8 Å². The molecule has 0 saturated carbocycles. The summed E-state index contributed by atoms with van der Waals surface area (Å²) in [6.45, 7) is -0.0884. The molecular weight excluding hydrogens is 456 g/mol. The highest BCUT2D eigenvalue weighted by molar-refractivity contribution is 9.11. The van der Waals surface area contributed by atoms with Gasteiger partial charge in [-0.15, -0.1) is 0 Å². The number of aromatic hydroxyl groups is 2. The first-order chi connectivity index (χ1) is 9.42. The van der Waals surface area contributed by atoms with E-state index in [-0.39, 0.29) is 18.1 Å². The molecular formula is C14H11Br3O3. The smallest absolute Gasteiger partial charge is 0.143 e. The van der Waals surface area contributed by atoms with E-state index in [0.717, 1.165) is 11.1 Å². The van der Waals surface area contributed by atoms with Crippen molar-refractivity contribution in [3.63, 3.8) is 0 Å². The third kappa shape index (κ3) is 3.36. The number of hydrogen-bond donors (Lipinski definition) is 3. The van der Waals surface area contributed by atoms with E-state index in [2.05, 4.69) is 47.8 Å². The fourth-order valence-corrected chi connectivity index (χ4v) is 3.71. The van der Waals surface area contributed by atoms with Crippen molar-refractivity contribution in [2.24, 2.45) is 0 Å². The number of rotatable bonds is 3. The molecule has 0 spiro atoms. The van der Waals surface area contributed by atoms with Gasteiger partial charge < -0.3 is 15.3 Å². The maximum absolute atomic E-state index is 10.1. The Balaban J connectivity index is 2.42. The maximum atomic E-state index is 10.1. The predicted molar refractivity (Wildman–Crippen MR) is 88.0 cm³/mol. The van der Waals surface area contributed by atoms with E-state index in [1.165, 1.54) is 0 Å². The van der Waals surface area contributed by atoms with Gasteiger partial charge in [-0.25, -0.2) is 0 Å². The van der Waals surface area contributed by atoms with Crippen LogP contribution in [0, 0.1) is 0 Å². The number of aliphatic hydroxyl groups excluding tert-OH is 1. The lowest BCUT2D eigenvalue weighted by Gasteiger charge is -2.10. The quantitative estimate of drug-likeness (QED) is 0.625. The molecule has 0 aromatic heterocycles.